The largest absolute Gasteiger partial charge is 0.493 e. The quantitative estimate of drug-likeness (QED) is 0.396. The van der Waals surface area contributed by atoms with Crippen molar-refractivity contribution in [2.24, 2.45) is 0 Å². The zero-order valence-corrected chi connectivity index (χ0v) is 21.5. The summed E-state index contributed by atoms with van der Waals surface area (Å²) < 4.78 is 40.3. The summed E-state index contributed by atoms with van der Waals surface area (Å²) in [4.78, 5) is 13.2. The minimum absolute atomic E-state index is 0.0306. The SMILES string of the molecule is COc1ccc(S(=O)(=O)N[C@@H](Cc2ccccc2)C(=O)N[C@H](C)c2ccc(Br)cc2)cc1OC. The molecule has 3 aromatic rings. The van der Waals surface area contributed by atoms with Gasteiger partial charge in [0.1, 0.15) is 6.04 Å². The second-order valence-corrected chi connectivity index (χ2v) is 10.3. The van der Waals surface area contributed by atoms with Crippen LogP contribution in [0.25, 0.3) is 0 Å². The van der Waals surface area contributed by atoms with Gasteiger partial charge in [-0.1, -0.05) is 58.4 Å². The van der Waals surface area contributed by atoms with Crippen LogP contribution in [0.4, 0.5) is 0 Å². The van der Waals surface area contributed by atoms with Gasteiger partial charge in [-0.3, -0.25) is 4.79 Å². The first-order valence-corrected chi connectivity index (χ1v) is 12.8. The molecule has 9 heteroatoms. The van der Waals surface area contributed by atoms with Gasteiger partial charge in [-0.15, -0.1) is 0 Å². The maximum atomic E-state index is 13.2. The summed E-state index contributed by atoms with van der Waals surface area (Å²) >= 11 is 3.40. The molecule has 180 valence electrons. The molecule has 7 nitrogen and oxygen atoms in total. The second kappa shape index (κ2) is 11.5. The number of carbonyl (C=O) groups is 1. The van der Waals surface area contributed by atoms with Gasteiger partial charge in [0.2, 0.25) is 15.9 Å². The molecule has 3 aromatic carbocycles. The monoisotopic (exact) mass is 546 g/mol. The summed E-state index contributed by atoms with van der Waals surface area (Å²) in [6.45, 7) is 1.85. The van der Waals surface area contributed by atoms with Crippen molar-refractivity contribution in [1.29, 1.82) is 0 Å². The maximum absolute atomic E-state index is 13.2. The van der Waals surface area contributed by atoms with Gasteiger partial charge in [-0.25, -0.2) is 8.42 Å². The lowest BCUT2D eigenvalue weighted by Crippen LogP contribution is -2.48. The van der Waals surface area contributed by atoms with Crippen LogP contribution in [0, 0.1) is 0 Å². The lowest BCUT2D eigenvalue weighted by Gasteiger charge is -2.22. The Balaban J connectivity index is 1.86. The molecule has 0 bridgehead atoms. The van der Waals surface area contributed by atoms with Crippen LogP contribution in [0.3, 0.4) is 0 Å². The van der Waals surface area contributed by atoms with Crippen LogP contribution in [0.5, 0.6) is 11.5 Å². The summed E-state index contributed by atoms with van der Waals surface area (Å²) in [5.41, 5.74) is 1.73. The van der Waals surface area contributed by atoms with E-state index >= 15 is 0 Å². The number of methoxy groups -OCH3 is 2. The van der Waals surface area contributed by atoms with Gasteiger partial charge in [-0.05, 0) is 48.7 Å². The number of hydrogen-bond donors (Lipinski definition) is 2. The number of halogens is 1. The van der Waals surface area contributed by atoms with E-state index in [1.54, 1.807) is 0 Å². The molecule has 0 saturated carbocycles. The highest BCUT2D eigenvalue weighted by molar-refractivity contribution is 9.10. The molecule has 0 fully saturated rings. The van der Waals surface area contributed by atoms with Crippen molar-refractivity contribution in [2.45, 2.75) is 30.3 Å². The molecule has 2 N–H and O–H groups in total. The fraction of sp³-hybridized carbons (Fsp3) is 0.240. The van der Waals surface area contributed by atoms with Gasteiger partial charge in [0.15, 0.2) is 11.5 Å². The van der Waals surface area contributed by atoms with Crippen molar-refractivity contribution >= 4 is 31.9 Å². The molecule has 0 aliphatic carbocycles. The number of nitrogens with one attached hydrogen (secondary N) is 2. The second-order valence-electron chi connectivity index (χ2n) is 7.66. The zero-order valence-electron chi connectivity index (χ0n) is 19.1. The average Bonchev–Trinajstić information content (AvgIpc) is 2.84. The topological polar surface area (TPSA) is 93.7 Å². The van der Waals surface area contributed by atoms with Crippen LogP contribution in [0.1, 0.15) is 24.1 Å². The van der Waals surface area contributed by atoms with Gasteiger partial charge in [0.25, 0.3) is 0 Å². The Kier molecular flexibility index (Phi) is 8.71. The van der Waals surface area contributed by atoms with Crippen LogP contribution >= 0.6 is 15.9 Å². The van der Waals surface area contributed by atoms with E-state index in [1.165, 1.54) is 32.4 Å². The molecule has 3 rings (SSSR count). The highest BCUT2D eigenvalue weighted by Gasteiger charge is 2.28. The fourth-order valence-electron chi connectivity index (χ4n) is 3.43. The van der Waals surface area contributed by atoms with E-state index in [0.29, 0.717) is 5.75 Å². The molecule has 0 radical (unpaired) electrons. The smallest absolute Gasteiger partial charge is 0.241 e. The molecule has 0 aliphatic rings. The number of rotatable bonds is 10. The van der Waals surface area contributed by atoms with E-state index in [-0.39, 0.29) is 23.1 Å². The summed E-state index contributed by atoms with van der Waals surface area (Å²) in [6.07, 6.45) is 0.187. The molecule has 1 amide bonds. The van der Waals surface area contributed by atoms with E-state index in [1.807, 2.05) is 61.5 Å². The number of sulfonamides is 1. The van der Waals surface area contributed by atoms with Crippen LogP contribution in [-0.2, 0) is 21.2 Å². The summed E-state index contributed by atoms with van der Waals surface area (Å²) in [5, 5.41) is 2.92. The van der Waals surface area contributed by atoms with E-state index < -0.39 is 22.0 Å². The third-order valence-electron chi connectivity index (χ3n) is 5.29. The van der Waals surface area contributed by atoms with Crippen LogP contribution < -0.4 is 19.5 Å². The maximum Gasteiger partial charge on any atom is 0.241 e. The van der Waals surface area contributed by atoms with Crippen molar-refractivity contribution in [1.82, 2.24) is 10.0 Å². The van der Waals surface area contributed by atoms with Gasteiger partial charge < -0.3 is 14.8 Å². The van der Waals surface area contributed by atoms with Crippen LogP contribution in [-0.4, -0.2) is 34.6 Å². The molecule has 0 heterocycles. The number of hydrogen-bond acceptors (Lipinski definition) is 5. The average molecular weight is 547 g/mol. The van der Waals surface area contributed by atoms with Crippen LogP contribution in [0.2, 0.25) is 0 Å². The molecule has 2 atom stereocenters. The summed E-state index contributed by atoms with van der Waals surface area (Å²) in [6, 6.07) is 19.8. The van der Waals surface area contributed by atoms with Crippen molar-refractivity contribution < 1.29 is 22.7 Å². The Morgan fingerprint density at radius 2 is 1.59 bits per heavy atom. The highest BCUT2D eigenvalue weighted by atomic mass is 79.9. The van der Waals surface area contributed by atoms with E-state index in [4.69, 9.17) is 9.47 Å². The van der Waals surface area contributed by atoms with E-state index in [9.17, 15) is 13.2 Å². The first-order valence-electron chi connectivity index (χ1n) is 10.6. The first kappa shape index (κ1) is 25.7. The summed E-state index contributed by atoms with van der Waals surface area (Å²) in [7, 11) is -1.14. The Labute approximate surface area is 208 Å². The lowest BCUT2D eigenvalue weighted by atomic mass is 10.0. The number of ether oxygens (including phenoxy) is 2. The molecule has 0 spiro atoms. The van der Waals surface area contributed by atoms with Crippen LogP contribution in [0.15, 0.2) is 82.2 Å². The minimum atomic E-state index is -4.04. The van der Waals surface area contributed by atoms with E-state index in [0.717, 1.165) is 15.6 Å². The van der Waals surface area contributed by atoms with Crippen molar-refractivity contribution in [2.75, 3.05) is 14.2 Å². The van der Waals surface area contributed by atoms with Gasteiger partial charge in [-0.2, -0.15) is 4.72 Å². The lowest BCUT2D eigenvalue weighted by molar-refractivity contribution is -0.123. The fourth-order valence-corrected chi connectivity index (χ4v) is 4.90. The molecule has 34 heavy (non-hydrogen) atoms. The molecule has 0 unspecified atom stereocenters. The van der Waals surface area contributed by atoms with Gasteiger partial charge in [0.05, 0.1) is 25.2 Å². The van der Waals surface area contributed by atoms with Gasteiger partial charge >= 0.3 is 0 Å². The number of benzene rings is 3. The molecule has 0 aromatic heterocycles. The third kappa shape index (κ3) is 6.59. The predicted molar refractivity (Wildman–Crippen MR) is 135 cm³/mol. The Morgan fingerprint density at radius 3 is 2.21 bits per heavy atom. The normalized spacial score (nSPS) is 13.1. The number of carbonyl (C=O) groups excluding carboxylic acids is 1. The van der Waals surface area contributed by atoms with Crippen molar-refractivity contribution in [3.05, 3.63) is 88.4 Å². The Hall–Kier alpha value is -2.88. The molecule has 0 saturated heterocycles. The summed E-state index contributed by atoms with van der Waals surface area (Å²) in [5.74, 6) is 0.255. The Bertz CT molecular complexity index is 1220. The zero-order chi connectivity index (χ0) is 24.7. The third-order valence-corrected chi connectivity index (χ3v) is 7.29. The first-order chi connectivity index (χ1) is 16.2. The van der Waals surface area contributed by atoms with Crippen molar-refractivity contribution in [3.63, 3.8) is 0 Å². The van der Waals surface area contributed by atoms with E-state index in [2.05, 4.69) is 26.0 Å². The minimum Gasteiger partial charge on any atom is -0.493 e. The molecular formula is C25H27BrN2O5S. The van der Waals surface area contributed by atoms with Gasteiger partial charge in [0, 0.05) is 10.5 Å². The van der Waals surface area contributed by atoms with Crippen molar-refractivity contribution in [3.8, 4) is 11.5 Å². The molecule has 0 aliphatic heterocycles. The Morgan fingerprint density at radius 1 is 0.941 bits per heavy atom. The predicted octanol–water partition coefficient (Wildman–Crippen LogP) is 4.23. The highest BCUT2D eigenvalue weighted by Crippen LogP contribution is 2.29. The number of amides is 1. The standard InChI is InChI=1S/C25H27BrN2O5S/c1-17(19-9-11-20(26)12-10-19)27-25(29)22(15-18-7-5-4-6-8-18)28-34(30,31)21-13-14-23(32-2)24(16-21)33-3/h4-14,16-17,22,28H,15H2,1-3H3,(H,27,29)/t17-,22+/m1/s1. The molecular weight excluding hydrogens is 520 g/mol.